The summed E-state index contributed by atoms with van der Waals surface area (Å²) in [5.41, 5.74) is 2.17. The maximum atomic E-state index is 5.51. The van der Waals surface area contributed by atoms with Gasteiger partial charge in [0.2, 0.25) is 0 Å². The minimum absolute atomic E-state index is 0.368. The molecule has 2 aromatic heterocycles. The lowest BCUT2D eigenvalue weighted by Gasteiger charge is -2.01. The lowest BCUT2D eigenvalue weighted by atomic mass is 10.1. The SMILES string of the molecule is c1cc(CCCOc2nc(CNC3CC3)co2)ccn1. The quantitative estimate of drug-likeness (QED) is 0.748. The van der Waals surface area contributed by atoms with Crippen LogP contribution in [0.2, 0.25) is 0 Å². The van der Waals surface area contributed by atoms with Gasteiger partial charge in [-0.1, -0.05) is 0 Å². The van der Waals surface area contributed by atoms with E-state index in [1.54, 1.807) is 6.26 Å². The Morgan fingerprint density at radius 2 is 2.15 bits per heavy atom. The minimum Gasteiger partial charge on any atom is -0.450 e. The molecule has 0 aromatic carbocycles. The van der Waals surface area contributed by atoms with E-state index in [9.17, 15) is 0 Å². The number of pyridine rings is 1. The highest BCUT2D eigenvalue weighted by Crippen LogP contribution is 2.19. The summed E-state index contributed by atoms with van der Waals surface area (Å²) >= 11 is 0. The van der Waals surface area contributed by atoms with Crippen molar-refractivity contribution in [1.29, 1.82) is 0 Å². The van der Waals surface area contributed by atoms with Crippen LogP contribution in [0.3, 0.4) is 0 Å². The van der Waals surface area contributed by atoms with Gasteiger partial charge in [0, 0.05) is 25.0 Å². The van der Waals surface area contributed by atoms with Crippen LogP contribution in [0.25, 0.3) is 0 Å². The van der Waals surface area contributed by atoms with Crippen molar-refractivity contribution in [2.45, 2.75) is 38.3 Å². The first-order valence-electron chi connectivity index (χ1n) is 7.09. The third kappa shape index (κ3) is 4.06. The summed E-state index contributed by atoms with van der Waals surface area (Å²) in [5, 5.41) is 3.39. The molecule has 3 rings (SSSR count). The van der Waals surface area contributed by atoms with Crippen molar-refractivity contribution >= 4 is 0 Å². The first-order chi connectivity index (χ1) is 9.90. The van der Waals surface area contributed by atoms with E-state index in [1.807, 2.05) is 24.5 Å². The zero-order chi connectivity index (χ0) is 13.6. The van der Waals surface area contributed by atoms with E-state index in [-0.39, 0.29) is 0 Å². The summed E-state index contributed by atoms with van der Waals surface area (Å²) in [4.78, 5) is 8.29. The molecule has 0 aliphatic heterocycles. The van der Waals surface area contributed by atoms with Crippen LogP contribution in [0.15, 0.2) is 35.2 Å². The molecule has 2 aromatic rings. The highest BCUT2D eigenvalue weighted by Gasteiger charge is 2.20. The number of aromatic nitrogens is 2. The van der Waals surface area contributed by atoms with Crippen LogP contribution < -0.4 is 10.1 Å². The van der Waals surface area contributed by atoms with Crippen molar-refractivity contribution in [2.24, 2.45) is 0 Å². The summed E-state index contributed by atoms with van der Waals surface area (Å²) in [5.74, 6) is 0. The van der Waals surface area contributed by atoms with E-state index >= 15 is 0 Å². The maximum Gasteiger partial charge on any atom is 0.393 e. The Morgan fingerprint density at radius 3 is 2.95 bits per heavy atom. The summed E-state index contributed by atoms with van der Waals surface area (Å²) < 4.78 is 10.8. The van der Waals surface area contributed by atoms with E-state index < -0.39 is 0 Å². The molecule has 1 fully saturated rings. The number of hydrogen-bond acceptors (Lipinski definition) is 5. The minimum atomic E-state index is 0.368. The van der Waals surface area contributed by atoms with Crippen molar-refractivity contribution in [3.8, 4) is 6.08 Å². The first kappa shape index (κ1) is 13.1. The van der Waals surface area contributed by atoms with Gasteiger partial charge in [-0.3, -0.25) is 4.98 Å². The molecule has 106 valence electrons. The molecule has 5 heteroatoms. The second-order valence-electron chi connectivity index (χ2n) is 5.07. The lowest BCUT2D eigenvalue weighted by Crippen LogP contribution is -2.15. The third-order valence-corrected chi connectivity index (χ3v) is 3.26. The molecule has 1 aliphatic carbocycles. The Labute approximate surface area is 118 Å². The molecule has 0 saturated heterocycles. The van der Waals surface area contributed by atoms with E-state index in [4.69, 9.17) is 9.15 Å². The summed E-state index contributed by atoms with van der Waals surface area (Å²) in [7, 11) is 0. The van der Waals surface area contributed by atoms with Gasteiger partial charge in [-0.25, -0.2) is 0 Å². The molecule has 1 aliphatic rings. The second-order valence-corrected chi connectivity index (χ2v) is 5.07. The molecule has 0 bridgehead atoms. The number of aryl methyl sites for hydroxylation is 1. The number of nitrogens with zero attached hydrogens (tertiary/aromatic N) is 2. The number of rotatable bonds is 8. The number of ether oxygens (including phenoxy) is 1. The largest absolute Gasteiger partial charge is 0.450 e. The molecule has 0 atom stereocenters. The second kappa shape index (κ2) is 6.52. The fourth-order valence-corrected chi connectivity index (χ4v) is 1.96. The van der Waals surface area contributed by atoms with Gasteiger partial charge < -0.3 is 14.5 Å². The lowest BCUT2D eigenvalue weighted by molar-refractivity contribution is 0.227. The van der Waals surface area contributed by atoms with Crippen LogP contribution in [-0.4, -0.2) is 22.6 Å². The van der Waals surface area contributed by atoms with E-state index in [0.717, 1.165) is 25.1 Å². The van der Waals surface area contributed by atoms with Crippen LogP contribution in [0.5, 0.6) is 6.08 Å². The fourth-order valence-electron chi connectivity index (χ4n) is 1.96. The highest BCUT2D eigenvalue weighted by molar-refractivity contribution is 5.09. The number of hydrogen-bond donors (Lipinski definition) is 1. The molecule has 0 radical (unpaired) electrons. The summed E-state index contributed by atoms with van der Waals surface area (Å²) in [6, 6.07) is 4.72. The molecule has 20 heavy (non-hydrogen) atoms. The summed E-state index contributed by atoms with van der Waals surface area (Å²) in [6.07, 6.45) is 10.1. The molecule has 0 spiro atoms. The van der Waals surface area contributed by atoms with Gasteiger partial charge in [-0.15, -0.1) is 0 Å². The zero-order valence-electron chi connectivity index (χ0n) is 11.4. The molecule has 0 amide bonds. The maximum absolute atomic E-state index is 5.51. The zero-order valence-corrected chi connectivity index (χ0v) is 11.4. The molecule has 2 heterocycles. The van der Waals surface area contributed by atoms with Crippen molar-refractivity contribution in [2.75, 3.05) is 6.61 Å². The molecule has 1 N–H and O–H groups in total. The predicted molar refractivity (Wildman–Crippen MR) is 74.4 cm³/mol. The Kier molecular flexibility index (Phi) is 4.28. The van der Waals surface area contributed by atoms with Crippen LogP contribution in [0.1, 0.15) is 30.5 Å². The van der Waals surface area contributed by atoms with E-state index in [0.29, 0.717) is 18.7 Å². The van der Waals surface area contributed by atoms with Crippen molar-refractivity contribution in [3.63, 3.8) is 0 Å². The average molecular weight is 273 g/mol. The van der Waals surface area contributed by atoms with Gasteiger partial charge in [-0.05, 0) is 43.4 Å². The van der Waals surface area contributed by atoms with Crippen LogP contribution in [0.4, 0.5) is 0 Å². The molecule has 1 saturated carbocycles. The Balaban J connectivity index is 1.35. The molecular formula is C15H19N3O2. The highest BCUT2D eigenvalue weighted by atomic mass is 16.6. The molecular weight excluding hydrogens is 254 g/mol. The Bertz CT molecular complexity index is 523. The molecule has 5 nitrogen and oxygen atoms in total. The number of nitrogens with one attached hydrogen (secondary N) is 1. The monoisotopic (exact) mass is 273 g/mol. The normalized spacial score (nSPS) is 14.4. The summed E-state index contributed by atoms with van der Waals surface area (Å²) in [6.45, 7) is 1.37. The molecule has 0 unspecified atom stereocenters. The first-order valence-corrected chi connectivity index (χ1v) is 7.09. The van der Waals surface area contributed by atoms with Crippen LogP contribution >= 0.6 is 0 Å². The smallest absolute Gasteiger partial charge is 0.393 e. The van der Waals surface area contributed by atoms with Gasteiger partial charge in [0.25, 0.3) is 0 Å². The van der Waals surface area contributed by atoms with E-state index in [1.165, 1.54) is 18.4 Å². The standard InChI is InChI=1S/C15H19N3O2/c1(2-12-5-7-16-8-6-12)9-19-15-18-14(11-20-15)10-17-13-3-4-13/h5-8,11,13,17H,1-4,9-10H2. The average Bonchev–Trinajstić information content (AvgIpc) is 3.21. The van der Waals surface area contributed by atoms with E-state index in [2.05, 4.69) is 15.3 Å². The third-order valence-electron chi connectivity index (χ3n) is 3.26. The topological polar surface area (TPSA) is 60.2 Å². The van der Waals surface area contributed by atoms with Gasteiger partial charge in [0.1, 0.15) is 6.26 Å². The van der Waals surface area contributed by atoms with Crippen LogP contribution in [-0.2, 0) is 13.0 Å². The van der Waals surface area contributed by atoms with Gasteiger partial charge >= 0.3 is 6.08 Å². The van der Waals surface area contributed by atoms with Crippen molar-refractivity contribution in [1.82, 2.24) is 15.3 Å². The van der Waals surface area contributed by atoms with Crippen molar-refractivity contribution < 1.29 is 9.15 Å². The predicted octanol–water partition coefficient (Wildman–Crippen LogP) is 2.33. The number of oxazole rings is 1. The van der Waals surface area contributed by atoms with Gasteiger partial charge in [0.15, 0.2) is 0 Å². The van der Waals surface area contributed by atoms with Crippen molar-refractivity contribution in [3.05, 3.63) is 42.0 Å². The van der Waals surface area contributed by atoms with Gasteiger partial charge in [-0.2, -0.15) is 4.98 Å². The Morgan fingerprint density at radius 1 is 1.30 bits per heavy atom. The Hall–Kier alpha value is -1.88. The van der Waals surface area contributed by atoms with Crippen LogP contribution in [0, 0.1) is 0 Å². The fraction of sp³-hybridized carbons (Fsp3) is 0.467. The van der Waals surface area contributed by atoms with Gasteiger partial charge in [0.05, 0.1) is 12.3 Å².